The van der Waals surface area contributed by atoms with Crippen LogP contribution in [-0.4, -0.2) is 43.7 Å². The second-order valence-corrected chi connectivity index (χ2v) is 9.71. The minimum atomic E-state index is 0.0338. The first-order valence-electron chi connectivity index (χ1n) is 13.0. The highest BCUT2D eigenvalue weighted by atomic mass is 16.5. The van der Waals surface area contributed by atoms with Crippen molar-refractivity contribution in [2.75, 3.05) is 37.6 Å². The normalized spacial score (nSPS) is 17.7. The van der Waals surface area contributed by atoms with Crippen molar-refractivity contribution < 1.29 is 4.74 Å². The summed E-state index contributed by atoms with van der Waals surface area (Å²) < 4.78 is 6.59. The molecule has 2 heterocycles. The Kier molecular flexibility index (Phi) is 6.56. The molecular formula is C33H32N2O. The number of para-hydroxylation sites is 1. The number of hydrogen-bond acceptors (Lipinski definition) is 3. The van der Waals surface area contributed by atoms with Gasteiger partial charge in [0.25, 0.3) is 0 Å². The molecule has 6 rings (SSSR count). The van der Waals surface area contributed by atoms with Gasteiger partial charge in [-0.3, -0.25) is 4.90 Å². The van der Waals surface area contributed by atoms with Gasteiger partial charge in [0.1, 0.15) is 11.9 Å². The number of ether oxygens (including phenoxy) is 1. The van der Waals surface area contributed by atoms with Crippen LogP contribution in [0, 0.1) is 0 Å². The molecule has 1 saturated heterocycles. The van der Waals surface area contributed by atoms with E-state index in [1.165, 1.54) is 33.5 Å². The molecular weight excluding hydrogens is 440 g/mol. The van der Waals surface area contributed by atoms with Gasteiger partial charge in [-0.2, -0.15) is 0 Å². The van der Waals surface area contributed by atoms with Gasteiger partial charge in [0.2, 0.25) is 0 Å². The second kappa shape index (κ2) is 10.4. The number of piperazine rings is 1. The summed E-state index contributed by atoms with van der Waals surface area (Å²) in [5, 5.41) is 0. The highest BCUT2D eigenvalue weighted by Gasteiger charge is 2.25. The molecule has 0 radical (unpaired) electrons. The van der Waals surface area contributed by atoms with E-state index in [9.17, 15) is 0 Å². The van der Waals surface area contributed by atoms with Crippen LogP contribution in [0.4, 0.5) is 5.69 Å². The van der Waals surface area contributed by atoms with E-state index >= 15 is 0 Å². The maximum absolute atomic E-state index is 6.59. The molecule has 3 heteroatoms. The van der Waals surface area contributed by atoms with E-state index in [0.717, 1.165) is 44.9 Å². The lowest BCUT2D eigenvalue weighted by molar-refractivity contribution is 0.241. The predicted octanol–water partition coefficient (Wildman–Crippen LogP) is 6.56. The fourth-order valence-electron chi connectivity index (χ4n) is 5.34. The van der Waals surface area contributed by atoms with Crippen molar-refractivity contribution in [3.8, 4) is 16.9 Å². The number of rotatable bonds is 6. The quantitative estimate of drug-likeness (QED) is 0.316. The SMILES string of the molecule is C1=C(CN2CCN(c3ccccc3)CC2)c2ccc(-c3ccccc3)cc2OC1Cc1ccccc1. The Morgan fingerprint density at radius 2 is 1.33 bits per heavy atom. The molecule has 36 heavy (non-hydrogen) atoms. The molecule has 0 spiro atoms. The van der Waals surface area contributed by atoms with E-state index in [0.29, 0.717) is 0 Å². The maximum Gasteiger partial charge on any atom is 0.128 e. The summed E-state index contributed by atoms with van der Waals surface area (Å²) in [5.41, 5.74) is 7.65. The third kappa shape index (κ3) is 5.07. The molecule has 0 N–H and O–H groups in total. The van der Waals surface area contributed by atoms with Crippen LogP contribution in [0.1, 0.15) is 11.1 Å². The van der Waals surface area contributed by atoms with E-state index in [1.807, 2.05) is 0 Å². The zero-order valence-electron chi connectivity index (χ0n) is 20.6. The van der Waals surface area contributed by atoms with E-state index < -0.39 is 0 Å². The third-order valence-electron chi connectivity index (χ3n) is 7.27. The van der Waals surface area contributed by atoms with Gasteiger partial charge in [-0.25, -0.2) is 0 Å². The Balaban J connectivity index is 1.24. The molecule has 0 aliphatic carbocycles. The van der Waals surface area contributed by atoms with Crippen LogP contribution in [0.3, 0.4) is 0 Å². The van der Waals surface area contributed by atoms with Gasteiger partial charge in [-0.05, 0) is 46.5 Å². The van der Waals surface area contributed by atoms with Gasteiger partial charge < -0.3 is 9.64 Å². The lowest BCUT2D eigenvalue weighted by atomic mass is 9.94. The number of benzene rings is 4. The van der Waals surface area contributed by atoms with Crippen LogP contribution in [0.2, 0.25) is 0 Å². The molecule has 0 amide bonds. The van der Waals surface area contributed by atoms with E-state index in [4.69, 9.17) is 4.74 Å². The summed E-state index contributed by atoms with van der Waals surface area (Å²) in [5.74, 6) is 0.998. The molecule has 3 nitrogen and oxygen atoms in total. The molecule has 1 fully saturated rings. The van der Waals surface area contributed by atoms with Crippen LogP contribution in [0.15, 0.2) is 115 Å². The van der Waals surface area contributed by atoms with Crippen molar-refractivity contribution >= 4 is 11.3 Å². The summed E-state index contributed by atoms with van der Waals surface area (Å²) in [6, 6.07) is 38.7. The number of fused-ring (bicyclic) bond motifs is 1. The average molecular weight is 473 g/mol. The Morgan fingerprint density at radius 1 is 0.667 bits per heavy atom. The minimum Gasteiger partial charge on any atom is -0.485 e. The van der Waals surface area contributed by atoms with Crippen molar-refractivity contribution in [1.82, 2.24) is 4.90 Å². The standard InChI is InChI=1S/C33H32N2O/c1-4-10-26(11-5-1)22-31-23-29(25-34-18-20-35(21-19-34)30-14-8-3-9-15-30)32-17-16-28(24-33(32)36-31)27-12-6-2-7-13-27/h1-17,23-24,31H,18-22,25H2. The van der Waals surface area contributed by atoms with Gasteiger partial charge in [0.05, 0.1) is 0 Å². The highest BCUT2D eigenvalue weighted by Crippen LogP contribution is 2.37. The van der Waals surface area contributed by atoms with Crippen molar-refractivity contribution in [2.45, 2.75) is 12.5 Å². The molecule has 0 bridgehead atoms. The summed E-state index contributed by atoms with van der Waals surface area (Å²) >= 11 is 0. The topological polar surface area (TPSA) is 15.7 Å². The zero-order valence-corrected chi connectivity index (χ0v) is 20.6. The molecule has 4 aromatic carbocycles. The molecule has 0 aromatic heterocycles. The molecule has 2 aliphatic rings. The third-order valence-corrected chi connectivity index (χ3v) is 7.27. The first-order valence-corrected chi connectivity index (χ1v) is 13.0. The smallest absolute Gasteiger partial charge is 0.128 e. The summed E-state index contributed by atoms with van der Waals surface area (Å²) in [6.07, 6.45) is 3.27. The van der Waals surface area contributed by atoms with E-state index in [-0.39, 0.29) is 6.10 Å². The van der Waals surface area contributed by atoms with Gasteiger partial charge >= 0.3 is 0 Å². The van der Waals surface area contributed by atoms with Crippen molar-refractivity contribution in [1.29, 1.82) is 0 Å². The van der Waals surface area contributed by atoms with Crippen LogP contribution in [0.5, 0.6) is 5.75 Å². The fraction of sp³-hybridized carbons (Fsp3) is 0.212. The molecule has 1 unspecified atom stereocenters. The monoisotopic (exact) mass is 472 g/mol. The van der Waals surface area contributed by atoms with Gasteiger partial charge in [-0.1, -0.05) is 91.0 Å². The summed E-state index contributed by atoms with van der Waals surface area (Å²) in [4.78, 5) is 5.08. The molecule has 1 atom stereocenters. The number of anilines is 1. The van der Waals surface area contributed by atoms with Crippen LogP contribution in [-0.2, 0) is 6.42 Å². The maximum atomic E-state index is 6.59. The lowest BCUT2D eigenvalue weighted by Crippen LogP contribution is -2.47. The first-order chi connectivity index (χ1) is 17.8. The number of nitrogens with zero attached hydrogens (tertiary/aromatic N) is 2. The largest absolute Gasteiger partial charge is 0.485 e. The minimum absolute atomic E-state index is 0.0338. The average Bonchev–Trinajstić information content (AvgIpc) is 2.95. The fourth-order valence-corrected chi connectivity index (χ4v) is 5.34. The van der Waals surface area contributed by atoms with Crippen molar-refractivity contribution in [3.63, 3.8) is 0 Å². The summed E-state index contributed by atoms with van der Waals surface area (Å²) in [6.45, 7) is 5.19. The van der Waals surface area contributed by atoms with E-state index in [2.05, 4.69) is 125 Å². The molecule has 2 aliphatic heterocycles. The van der Waals surface area contributed by atoms with Crippen LogP contribution < -0.4 is 9.64 Å². The molecule has 0 saturated carbocycles. The summed E-state index contributed by atoms with van der Waals surface area (Å²) in [7, 11) is 0. The van der Waals surface area contributed by atoms with Gasteiger partial charge in [0, 0.05) is 50.4 Å². The Labute approximate surface area is 214 Å². The highest BCUT2D eigenvalue weighted by molar-refractivity contribution is 5.78. The van der Waals surface area contributed by atoms with Gasteiger partial charge in [0.15, 0.2) is 0 Å². The van der Waals surface area contributed by atoms with Crippen molar-refractivity contribution in [2.24, 2.45) is 0 Å². The number of hydrogen-bond donors (Lipinski definition) is 0. The predicted molar refractivity (Wildman–Crippen MR) is 150 cm³/mol. The molecule has 180 valence electrons. The Bertz CT molecular complexity index is 1310. The van der Waals surface area contributed by atoms with Crippen LogP contribution >= 0.6 is 0 Å². The Hall–Kier alpha value is -3.82. The second-order valence-electron chi connectivity index (χ2n) is 9.71. The van der Waals surface area contributed by atoms with E-state index in [1.54, 1.807) is 0 Å². The first kappa shape index (κ1) is 22.6. The molecule has 4 aromatic rings. The van der Waals surface area contributed by atoms with Crippen molar-refractivity contribution in [3.05, 3.63) is 126 Å². The van der Waals surface area contributed by atoms with Gasteiger partial charge in [-0.15, -0.1) is 0 Å². The zero-order chi connectivity index (χ0) is 24.2. The van der Waals surface area contributed by atoms with Crippen LogP contribution in [0.25, 0.3) is 16.7 Å². The Morgan fingerprint density at radius 3 is 2.06 bits per heavy atom. The lowest BCUT2D eigenvalue weighted by Gasteiger charge is -2.37.